The Morgan fingerprint density at radius 3 is 3.05 bits per heavy atom. The monoisotopic (exact) mass is 304 g/mol. The fraction of sp³-hybridized carbons (Fsp3) is 0.154. The first kappa shape index (κ1) is 13.1. The summed E-state index contributed by atoms with van der Waals surface area (Å²) >= 11 is 2.84. The lowest BCUT2D eigenvalue weighted by Crippen LogP contribution is -2.27. The van der Waals surface area contributed by atoms with E-state index in [1.165, 1.54) is 23.1 Å². The van der Waals surface area contributed by atoms with Gasteiger partial charge in [-0.15, -0.1) is 11.3 Å². The van der Waals surface area contributed by atoms with Gasteiger partial charge < -0.3 is 4.98 Å². The molecule has 0 saturated heterocycles. The van der Waals surface area contributed by atoms with Gasteiger partial charge in [0.2, 0.25) is 5.91 Å². The summed E-state index contributed by atoms with van der Waals surface area (Å²) in [6.45, 7) is 0. The highest BCUT2D eigenvalue weighted by Crippen LogP contribution is 2.21. The van der Waals surface area contributed by atoms with Gasteiger partial charge in [-0.25, -0.2) is 9.97 Å². The standard InChI is InChI=1S/C13H12N4OS2/c1-17(13-14-6-7-19-13)11(18)8-20-12-15-9-4-2-3-5-10(9)16-12/h2-7H,8H2,1H3,(H,15,16). The van der Waals surface area contributed by atoms with Gasteiger partial charge in [0, 0.05) is 18.6 Å². The predicted molar refractivity (Wildman–Crippen MR) is 82.3 cm³/mol. The minimum Gasteiger partial charge on any atom is -0.333 e. The lowest BCUT2D eigenvalue weighted by Gasteiger charge is -2.12. The van der Waals surface area contributed by atoms with E-state index in [1.807, 2.05) is 29.6 Å². The predicted octanol–water partition coefficient (Wildman–Crippen LogP) is 2.77. The largest absolute Gasteiger partial charge is 0.333 e. The zero-order valence-corrected chi connectivity index (χ0v) is 12.4. The second-order valence-corrected chi connectivity index (χ2v) is 5.95. The molecule has 0 fully saturated rings. The highest BCUT2D eigenvalue weighted by Gasteiger charge is 2.14. The number of para-hydroxylation sites is 2. The van der Waals surface area contributed by atoms with Gasteiger partial charge in [0.15, 0.2) is 10.3 Å². The van der Waals surface area contributed by atoms with Crippen molar-refractivity contribution >= 4 is 45.2 Å². The Morgan fingerprint density at radius 2 is 2.30 bits per heavy atom. The quantitative estimate of drug-likeness (QED) is 0.753. The summed E-state index contributed by atoms with van der Waals surface area (Å²) in [5, 5.41) is 3.32. The molecule has 3 aromatic rings. The summed E-state index contributed by atoms with van der Waals surface area (Å²) in [5.74, 6) is 0.334. The molecule has 2 aromatic heterocycles. The number of aromatic amines is 1. The maximum atomic E-state index is 12.1. The van der Waals surface area contributed by atoms with Crippen molar-refractivity contribution in [3.05, 3.63) is 35.8 Å². The molecule has 5 nitrogen and oxygen atoms in total. The Hall–Kier alpha value is -1.86. The summed E-state index contributed by atoms with van der Waals surface area (Å²) in [5.41, 5.74) is 1.89. The van der Waals surface area contributed by atoms with E-state index in [2.05, 4.69) is 15.0 Å². The molecule has 1 aromatic carbocycles. The number of thiazole rings is 1. The molecular formula is C13H12N4OS2. The third-order valence-electron chi connectivity index (χ3n) is 2.78. The molecular weight excluding hydrogens is 292 g/mol. The number of carbonyl (C=O) groups excluding carboxylic acids is 1. The minimum absolute atomic E-state index is 0.00501. The number of H-pyrrole nitrogens is 1. The first-order valence-electron chi connectivity index (χ1n) is 5.97. The summed E-state index contributed by atoms with van der Waals surface area (Å²) in [7, 11) is 1.74. The summed E-state index contributed by atoms with van der Waals surface area (Å²) < 4.78 is 0. The summed E-state index contributed by atoms with van der Waals surface area (Å²) in [6, 6.07) is 7.81. The summed E-state index contributed by atoms with van der Waals surface area (Å²) in [6.07, 6.45) is 1.69. The Labute approximate surface area is 124 Å². The van der Waals surface area contributed by atoms with Gasteiger partial charge in [-0.1, -0.05) is 23.9 Å². The van der Waals surface area contributed by atoms with Crippen molar-refractivity contribution in [3.8, 4) is 0 Å². The van der Waals surface area contributed by atoms with Crippen molar-refractivity contribution in [2.24, 2.45) is 0 Å². The number of benzene rings is 1. The molecule has 0 unspecified atom stereocenters. The fourth-order valence-corrected chi connectivity index (χ4v) is 3.14. The van der Waals surface area contributed by atoms with Crippen LogP contribution in [-0.4, -0.2) is 33.7 Å². The highest BCUT2D eigenvalue weighted by atomic mass is 32.2. The zero-order chi connectivity index (χ0) is 13.9. The average molecular weight is 304 g/mol. The van der Waals surface area contributed by atoms with Crippen LogP contribution >= 0.6 is 23.1 Å². The minimum atomic E-state index is 0.00501. The lowest BCUT2D eigenvalue weighted by molar-refractivity contribution is -0.115. The van der Waals surface area contributed by atoms with E-state index in [0.29, 0.717) is 10.9 Å². The number of nitrogens with one attached hydrogen (secondary N) is 1. The van der Waals surface area contributed by atoms with Crippen LogP contribution in [0.1, 0.15) is 0 Å². The lowest BCUT2D eigenvalue weighted by atomic mass is 10.3. The number of hydrogen-bond acceptors (Lipinski definition) is 5. The third-order valence-corrected chi connectivity index (χ3v) is 4.49. The third kappa shape index (κ3) is 2.68. The molecule has 1 N–H and O–H groups in total. The molecule has 2 heterocycles. The molecule has 0 spiro atoms. The number of thioether (sulfide) groups is 1. The van der Waals surface area contributed by atoms with E-state index < -0.39 is 0 Å². The number of aromatic nitrogens is 3. The topological polar surface area (TPSA) is 61.9 Å². The van der Waals surface area contributed by atoms with Gasteiger partial charge in [-0.3, -0.25) is 9.69 Å². The first-order chi connectivity index (χ1) is 9.74. The maximum Gasteiger partial charge on any atom is 0.238 e. The van der Waals surface area contributed by atoms with Gasteiger partial charge in [0.05, 0.1) is 16.8 Å². The SMILES string of the molecule is CN(C(=O)CSc1nc2ccccc2[nH]1)c1nccs1. The van der Waals surface area contributed by atoms with Crippen LogP contribution in [0.15, 0.2) is 41.0 Å². The number of hydrogen-bond donors (Lipinski definition) is 1. The molecule has 0 aliphatic rings. The molecule has 1 amide bonds. The van der Waals surface area contributed by atoms with Crippen LogP contribution in [0.25, 0.3) is 11.0 Å². The van der Waals surface area contributed by atoms with Crippen molar-refractivity contribution in [2.45, 2.75) is 5.16 Å². The number of rotatable bonds is 4. The van der Waals surface area contributed by atoms with Crippen LogP contribution in [0.3, 0.4) is 0 Å². The molecule has 0 atom stereocenters. The van der Waals surface area contributed by atoms with Crippen LogP contribution in [-0.2, 0) is 4.79 Å². The number of fused-ring (bicyclic) bond motifs is 1. The molecule has 102 valence electrons. The zero-order valence-electron chi connectivity index (χ0n) is 10.7. The molecule has 0 saturated carbocycles. The molecule has 0 bridgehead atoms. The van der Waals surface area contributed by atoms with Gasteiger partial charge in [0.25, 0.3) is 0 Å². The number of nitrogens with zero attached hydrogens (tertiary/aromatic N) is 3. The van der Waals surface area contributed by atoms with Crippen molar-refractivity contribution in [1.82, 2.24) is 15.0 Å². The Balaban J connectivity index is 1.65. The molecule has 20 heavy (non-hydrogen) atoms. The van der Waals surface area contributed by atoms with Crippen LogP contribution in [0.5, 0.6) is 0 Å². The molecule has 0 aliphatic heterocycles. The smallest absolute Gasteiger partial charge is 0.238 e. The fourth-order valence-electron chi connectivity index (χ4n) is 1.71. The maximum absolute atomic E-state index is 12.1. The molecule has 0 radical (unpaired) electrons. The van der Waals surface area contributed by atoms with Gasteiger partial charge >= 0.3 is 0 Å². The second-order valence-electron chi connectivity index (χ2n) is 4.12. The average Bonchev–Trinajstić information content (AvgIpc) is 3.12. The normalized spacial score (nSPS) is 10.8. The molecule has 3 rings (SSSR count). The first-order valence-corrected chi connectivity index (χ1v) is 7.84. The van der Waals surface area contributed by atoms with E-state index >= 15 is 0 Å². The van der Waals surface area contributed by atoms with Crippen molar-refractivity contribution < 1.29 is 4.79 Å². The number of imidazole rings is 1. The van der Waals surface area contributed by atoms with Gasteiger partial charge in [-0.2, -0.15) is 0 Å². The highest BCUT2D eigenvalue weighted by molar-refractivity contribution is 7.99. The van der Waals surface area contributed by atoms with Gasteiger partial charge in [0.1, 0.15) is 0 Å². The van der Waals surface area contributed by atoms with E-state index in [1.54, 1.807) is 18.1 Å². The van der Waals surface area contributed by atoms with Crippen LogP contribution in [0.2, 0.25) is 0 Å². The van der Waals surface area contributed by atoms with Crippen molar-refractivity contribution in [3.63, 3.8) is 0 Å². The number of amides is 1. The van der Waals surface area contributed by atoms with E-state index in [0.717, 1.165) is 16.2 Å². The Bertz CT molecular complexity index is 690. The Kier molecular flexibility index (Phi) is 3.70. The summed E-state index contributed by atoms with van der Waals surface area (Å²) in [4.78, 5) is 25.4. The number of anilines is 1. The second kappa shape index (κ2) is 5.64. The molecule has 7 heteroatoms. The molecule has 0 aliphatic carbocycles. The van der Waals surface area contributed by atoms with Crippen LogP contribution < -0.4 is 4.90 Å². The van der Waals surface area contributed by atoms with Crippen molar-refractivity contribution in [2.75, 3.05) is 17.7 Å². The van der Waals surface area contributed by atoms with Crippen molar-refractivity contribution in [1.29, 1.82) is 0 Å². The van der Waals surface area contributed by atoms with Crippen LogP contribution in [0.4, 0.5) is 5.13 Å². The Morgan fingerprint density at radius 1 is 1.45 bits per heavy atom. The van der Waals surface area contributed by atoms with E-state index in [4.69, 9.17) is 0 Å². The van der Waals surface area contributed by atoms with E-state index in [-0.39, 0.29) is 5.91 Å². The van der Waals surface area contributed by atoms with Gasteiger partial charge in [-0.05, 0) is 12.1 Å². The van der Waals surface area contributed by atoms with E-state index in [9.17, 15) is 4.79 Å². The van der Waals surface area contributed by atoms with Crippen LogP contribution in [0, 0.1) is 0 Å². The number of carbonyl (C=O) groups is 1.